The molecule has 0 aliphatic heterocycles. The van der Waals surface area contributed by atoms with Crippen molar-refractivity contribution in [2.24, 2.45) is 0 Å². The minimum atomic E-state index is -3.86. The van der Waals surface area contributed by atoms with Crippen molar-refractivity contribution in [3.63, 3.8) is 0 Å². The summed E-state index contributed by atoms with van der Waals surface area (Å²) in [5.41, 5.74) is 0.452. The monoisotopic (exact) mass is 459 g/mol. The Bertz CT molecular complexity index is 1230. The molecule has 0 spiro atoms. The zero-order valence-electron chi connectivity index (χ0n) is 17.2. The van der Waals surface area contributed by atoms with Crippen molar-refractivity contribution in [2.45, 2.75) is 18.7 Å². The van der Waals surface area contributed by atoms with E-state index in [1.807, 2.05) is 30.3 Å². The number of carbonyl (C=O) groups is 2. The van der Waals surface area contributed by atoms with Crippen LogP contribution >= 0.6 is 11.6 Å². The van der Waals surface area contributed by atoms with Crippen LogP contribution in [-0.2, 0) is 14.8 Å². The largest absolute Gasteiger partial charge is 0.454 e. The Morgan fingerprint density at radius 3 is 2.35 bits per heavy atom. The van der Waals surface area contributed by atoms with Gasteiger partial charge in [0.1, 0.15) is 4.90 Å². The molecule has 0 fully saturated rings. The fourth-order valence-corrected chi connectivity index (χ4v) is 5.25. The summed E-state index contributed by atoms with van der Waals surface area (Å²) in [7, 11) is -3.86. The van der Waals surface area contributed by atoms with Crippen LogP contribution in [0.25, 0.3) is 10.8 Å². The predicted octanol–water partition coefficient (Wildman–Crippen LogP) is 4.56. The van der Waals surface area contributed by atoms with Crippen LogP contribution in [-0.4, -0.2) is 44.2 Å². The lowest BCUT2D eigenvalue weighted by Crippen LogP contribution is -2.31. The molecule has 6 nitrogen and oxygen atoms in total. The molecule has 0 saturated carbocycles. The van der Waals surface area contributed by atoms with Crippen LogP contribution in [0.5, 0.6) is 0 Å². The predicted molar refractivity (Wildman–Crippen MR) is 120 cm³/mol. The van der Waals surface area contributed by atoms with E-state index in [0.29, 0.717) is 5.56 Å². The van der Waals surface area contributed by atoms with Gasteiger partial charge in [-0.1, -0.05) is 67.9 Å². The lowest BCUT2D eigenvalue weighted by molar-refractivity contribution is 0.0475. The Balaban J connectivity index is 1.80. The molecule has 8 heteroatoms. The van der Waals surface area contributed by atoms with Crippen molar-refractivity contribution in [3.05, 3.63) is 76.8 Å². The fraction of sp³-hybridized carbons (Fsp3) is 0.217. The van der Waals surface area contributed by atoms with Crippen molar-refractivity contribution >= 4 is 44.1 Å². The number of ether oxygens (including phenoxy) is 1. The van der Waals surface area contributed by atoms with Gasteiger partial charge in [0.2, 0.25) is 15.8 Å². The van der Waals surface area contributed by atoms with Crippen molar-refractivity contribution in [1.29, 1.82) is 0 Å². The summed E-state index contributed by atoms with van der Waals surface area (Å²) in [4.78, 5) is 25.0. The second kappa shape index (κ2) is 9.60. The molecule has 0 atom stereocenters. The summed E-state index contributed by atoms with van der Waals surface area (Å²) in [6.07, 6.45) is 0. The number of hydrogen-bond acceptors (Lipinski definition) is 5. The molecule has 3 aromatic carbocycles. The highest BCUT2D eigenvalue weighted by atomic mass is 35.5. The van der Waals surface area contributed by atoms with Crippen LogP contribution in [0.1, 0.15) is 34.6 Å². The minimum Gasteiger partial charge on any atom is -0.454 e. The number of halogens is 1. The molecule has 0 heterocycles. The van der Waals surface area contributed by atoms with E-state index in [9.17, 15) is 18.0 Å². The number of rotatable bonds is 8. The van der Waals surface area contributed by atoms with Crippen LogP contribution in [0.15, 0.2) is 65.6 Å². The van der Waals surface area contributed by atoms with Crippen molar-refractivity contribution in [3.8, 4) is 0 Å². The average Bonchev–Trinajstić information content (AvgIpc) is 2.77. The minimum absolute atomic E-state index is 0.000788. The van der Waals surface area contributed by atoms with Gasteiger partial charge in [0.05, 0.1) is 10.6 Å². The maximum atomic E-state index is 12.8. The molecule has 0 unspecified atom stereocenters. The highest BCUT2D eigenvalue weighted by Crippen LogP contribution is 2.26. The van der Waals surface area contributed by atoms with Gasteiger partial charge in [-0.05, 0) is 29.0 Å². The number of ketones is 1. The first-order valence-electron chi connectivity index (χ1n) is 9.77. The first-order chi connectivity index (χ1) is 14.8. The van der Waals surface area contributed by atoms with Gasteiger partial charge in [0.25, 0.3) is 0 Å². The molecule has 0 amide bonds. The third kappa shape index (κ3) is 4.79. The average molecular weight is 460 g/mol. The van der Waals surface area contributed by atoms with E-state index in [2.05, 4.69) is 0 Å². The molecule has 0 aliphatic rings. The number of esters is 1. The van der Waals surface area contributed by atoms with Gasteiger partial charge >= 0.3 is 5.97 Å². The van der Waals surface area contributed by atoms with Crippen LogP contribution in [0.3, 0.4) is 0 Å². The maximum absolute atomic E-state index is 12.8. The molecule has 0 N–H and O–H groups in total. The van der Waals surface area contributed by atoms with Gasteiger partial charge in [-0.15, -0.1) is 0 Å². The lowest BCUT2D eigenvalue weighted by Gasteiger charge is -2.19. The zero-order chi connectivity index (χ0) is 22.6. The smallest absolute Gasteiger partial charge is 0.338 e. The van der Waals surface area contributed by atoms with Crippen LogP contribution in [0.2, 0.25) is 5.02 Å². The highest BCUT2D eigenvalue weighted by Gasteiger charge is 2.26. The second-order valence-corrected chi connectivity index (χ2v) is 9.07. The van der Waals surface area contributed by atoms with Crippen molar-refractivity contribution in [2.75, 3.05) is 19.7 Å². The van der Waals surface area contributed by atoms with Gasteiger partial charge in [-0.2, -0.15) is 4.31 Å². The second-order valence-electron chi connectivity index (χ2n) is 6.76. The van der Waals surface area contributed by atoms with Gasteiger partial charge in [-0.25, -0.2) is 13.2 Å². The zero-order valence-corrected chi connectivity index (χ0v) is 18.7. The first kappa shape index (κ1) is 22.9. The first-order valence-corrected chi connectivity index (χ1v) is 11.6. The Morgan fingerprint density at radius 1 is 0.968 bits per heavy atom. The Hall–Kier alpha value is -2.74. The number of hydrogen-bond donors (Lipinski definition) is 0. The van der Waals surface area contributed by atoms with Gasteiger partial charge in [0, 0.05) is 18.7 Å². The summed E-state index contributed by atoms with van der Waals surface area (Å²) >= 11 is 6.09. The molecule has 0 aliphatic carbocycles. The standard InChI is InChI=1S/C23H22ClNO5S/c1-3-25(4-2)31(28,29)22-14-17(12-13-20(22)24)23(27)30-15-21(26)19-11-7-9-16-8-5-6-10-18(16)19/h5-14H,3-4,15H2,1-2H3. The van der Waals surface area contributed by atoms with Gasteiger partial charge < -0.3 is 4.74 Å². The number of benzene rings is 3. The topological polar surface area (TPSA) is 80.8 Å². The third-order valence-corrected chi connectivity index (χ3v) is 7.45. The number of sulfonamides is 1. The molecule has 0 aromatic heterocycles. The SMILES string of the molecule is CCN(CC)S(=O)(=O)c1cc(C(=O)OCC(=O)c2cccc3ccccc23)ccc1Cl. The van der Waals surface area contributed by atoms with E-state index in [1.165, 1.54) is 22.5 Å². The Labute approximate surface area is 186 Å². The lowest BCUT2D eigenvalue weighted by atomic mass is 10.0. The third-order valence-electron chi connectivity index (χ3n) is 4.91. The van der Waals surface area contributed by atoms with E-state index in [-0.39, 0.29) is 34.4 Å². The summed E-state index contributed by atoms with van der Waals surface area (Å²) in [6, 6.07) is 16.6. The van der Waals surface area contributed by atoms with E-state index < -0.39 is 22.6 Å². The summed E-state index contributed by atoms with van der Waals surface area (Å²) < 4.78 is 32.0. The van der Waals surface area contributed by atoms with E-state index >= 15 is 0 Å². The molecular weight excluding hydrogens is 438 g/mol. The molecule has 3 aromatic rings. The van der Waals surface area contributed by atoms with Crippen molar-refractivity contribution in [1.82, 2.24) is 4.31 Å². The quantitative estimate of drug-likeness (QED) is 0.364. The Kier molecular flexibility index (Phi) is 7.10. The molecule has 3 rings (SSSR count). The van der Waals surface area contributed by atoms with Crippen LogP contribution in [0, 0.1) is 0 Å². The highest BCUT2D eigenvalue weighted by molar-refractivity contribution is 7.89. The molecule has 31 heavy (non-hydrogen) atoms. The summed E-state index contributed by atoms with van der Waals surface area (Å²) in [5.74, 6) is -1.16. The van der Waals surface area contributed by atoms with Gasteiger partial charge in [0.15, 0.2) is 6.61 Å². The maximum Gasteiger partial charge on any atom is 0.338 e. The molecule has 0 bridgehead atoms. The summed E-state index contributed by atoms with van der Waals surface area (Å²) in [6.45, 7) is 3.50. The van der Waals surface area contributed by atoms with Crippen LogP contribution in [0.4, 0.5) is 0 Å². The number of fused-ring (bicyclic) bond motifs is 1. The normalized spacial score (nSPS) is 11.6. The van der Waals surface area contributed by atoms with E-state index in [4.69, 9.17) is 16.3 Å². The number of carbonyl (C=O) groups excluding carboxylic acids is 2. The van der Waals surface area contributed by atoms with E-state index in [0.717, 1.165) is 10.8 Å². The van der Waals surface area contributed by atoms with Crippen LogP contribution < -0.4 is 0 Å². The molecule has 0 radical (unpaired) electrons. The van der Waals surface area contributed by atoms with Crippen molar-refractivity contribution < 1.29 is 22.7 Å². The molecule has 162 valence electrons. The molecular formula is C23H22ClNO5S. The van der Waals surface area contributed by atoms with Gasteiger partial charge in [-0.3, -0.25) is 4.79 Å². The fourth-order valence-electron chi connectivity index (χ4n) is 3.29. The summed E-state index contributed by atoms with van der Waals surface area (Å²) in [5, 5.41) is 1.68. The number of nitrogens with zero attached hydrogens (tertiary/aromatic N) is 1. The van der Waals surface area contributed by atoms with E-state index in [1.54, 1.807) is 26.0 Å². The Morgan fingerprint density at radius 2 is 1.65 bits per heavy atom. The molecule has 0 saturated heterocycles. The number of Topliss-reactive ketones (excluding diaryl/α,β-unsaturated/α-hetero) is 1.